The van der Waals surface area contributed by atoms with E-state index in [4.69, 9.17) is 14.6 Å². The van der Waals surface area contributed by atoms with Crippen LogP contribution in [0.25, 0.3) is 11.8 Å². The summed E-state index contributed by atoms with van der Waals surface area (Å²) >= 11 is 0. The molecule has 21 heavy (non-hydrogen) atoms. The summed E-state index contributed by atoms with van der Waals surface area (Å²) < 4.78 is 12.2. The number of carbonyl (C=O) groups is 1. The molecule has 2 aromatic rings. The average molecular weight is 288 g/mol. The highest BCUT2D eigenvalue weighted by Gasteiger charge is 2.12. The first-order chi connectivity index (χ1) is 10.1. The first-order valence-corrected chi connectivity index (χ1v) is 6.25. The molecule has 0 saturated carbocycles. The first-order valence-electron chi connectivity index (χ1n) is 6.25. The Bertz CT molecular complexity index is 689. The van der Waals surface area contributed by atoms with E-state index in [9.17, 15) is 4.79 Å². The smallest absolute Gasteiger partial charge is 0.328 e. The average Bonchev–Trinajstić information content (AvgIpc) is 2.85. The summed E-state index contributed by atoms with van der Waals surface area (Å²) in [5.74, 6) is 0.334. The van der Waals surface area contributed by atoms with E-state index in [0.29, 0.717) is 11.5 Å². The van der Waals surface area contributed by atoms with Gasteiger partial charge >= 0.3 is 5.97 Å². The van der Waals surface area contributed by atoms with E-state index in [2.05, 4.69) is 5.10 Å². The molecule has 0 bridgehead atoms. The molecule has 0 amide bonds. The van der Waals surface area contributed by atoms with Crippen molar-refractivity contribution in [2.45, 2.75) is 6.92 Å². The normalized spacial score (nSPS) is 10.8. The quantitative estimate of drug-likeness (QED) is 0.854. The molecule has 6 heteroatoms. The Kier molecular flexibility index (Phi) is 4.27. The van der Waals surface area contributed by atoms with Gasteiger partial charge in [-0.25, -0.2) is 9.48 Å². The molecule has 110 valence electrons. The van der Waals surface area contributed by atoms with E-state index in [-0.39, 0.29) is 0 Å². The van der Waals surface area contributed by atoms with Gasteiger partial charge in [-0.05, 0) is 25.1 Å². The van der Waals surface area contributed by atoms with Crippen LogP contribution in [0.5, 0.6) is 11.5 Å². The second kappa shape index (κ2) is 6.13. The van der Waals surface area contributed by atoms with Gasteiger partial charge in [-0.2, -0.15) is 5.10 Å². The molecule has 1 heterocycles. The Morgan fingerprint density at radius 3 is 2.71 bits per heavy atom. The SMILES string of the molecule is COc1ccc(OC)c(-n2ncc(/C=C/C(=O)O)c2C)c1. The molecule has 0 aliphatic carbocycles. The van der Waals surface area contributed by atoms with Gasteiger partial charge in [-0.1, -0.05) is 0 Å². The van der Waals surface area contributed by atoms with Gasteiger partial charge < -0.3 is 14.6 Å². The summed E-state index contributed by atoms with van der Waals surface area (Å²) in [6.45, 7) is 1.85. The van der Waals surface area contributed by atoms with Gasteiger partial charge in [-0.3, -0.25) is 0 Å². The number of aliphatic carboxylic acids is 1. The fourth-order valence-electron chi connectivity index (χ4n) is 1.95. The van der Waals surface area contributed by atoms with E-state index in [1.807, 2.05) is 13.0 Å². The summed E-state index contributed by atoms with van der Waals surface area (Å²) in [5, 5.41) is 13.0. The molecule has 0 spiro atoms. The van der Waals surface area contributed by atoms with Crippen molar-refractivity contribution in [3.63, 3.8) is 0 Å². The van der Waals surface area contributed by atoms with Crippen LogP contribution >= 0.6 is 0 Å². The minimum atomic E-state index is -0.999. The standard InChI is InChI=1S/C15H16N2O4/c1-10-11(4-7-15(18)19)9-16-17(10)13-8-12(20-2)5-6-14(13)21-3/h4-9H,1-3H3,(H,18,19)/b7-4+. The summed E-state index contributed by atoms with van der Waals surface area (Å²) in [4.78, 5) is 10.6. The predicted molar refractivity (Wildman–Crippen MR) is 78.1 cm³/mol. The van der Waals surface area contributed by atoms with Crippen LogP contribution in [-0.2, 0) is 4.79 Å². The first kappa shape index (κ1) is 14.6. The van der Waals surface area contributed by atoms with Gasteiger partial charge in [0.2, 0.25) is 0 Å². The van der Waals surface area contributed by atoms with E-state index in [1.54, 1.807) is 37.2 Å². The highest BCUT2D eigenvalue weighted by Crippen LogP contribution is 2.28. The van der Waals surface area contributed by atoms with E-state index in [1.165, 1.54) is 6.08 Å². The molecule has 0 saturated heterocycles. The lowest BCUT2D eigenvalue weighted by molar-refractivity contribution is -0.131. The zero-order chi connectivity index (χ0) is 15.4. The van der Waals surface area contributed by atoms with Gasteiger partial charge in [0.1, 0.15) is 17.2 Å². The van der Waals surface area contributed by atoms with Crippen LogP contribution in [0.3, 0.4) is 0 Å². The number of benzene rings is 1. The lowest BCUT2D eigenvalue weighted by Gasteiger charge is -2.12. The second-order valence-corrected chi connectivity index (χ2v) is 4.31. The maximum Gasteiger partial charge on any atom is 0.328 e. The van der Waals surface area contributed by atoms with Gasteiger partial charge in [-0.15, -0.1) is 0 Å². The van der Waals surface area contributed by atoms with Crippen molar-refractivity contribution < 1.29 is 19.4 Å². The third-order valence-electron chi connectivity index (χ3n) is 3.07. The van der Waals surface area contributed by atoms with Gasteiger partial charge in [0, 0.05) is 23.4 Å². The molecule has 0 atom stereocenters. The molecule has 1 aromatic heterocycles. The lowest BCUT2D eigenvalue weighted by atomic mass is 10.2. The molecular weight excluding hydrogens is 272 g/mol. The third kappa shape index (κ3) is 3.05. The number of hydrogen-bond donors (Lipinski definition) is 1. The topological polar surface area (TPSA) is 73.6 Å². The minimum absolute atomic E-state index is 0.649. The van der Waals surface area contributed by atoms with E-state index < -0.39 is 5.97 Å². The van der Waals surface area contributed by atoms with Crippen LogP contribution < -0.4 is 9.47 Å². The lowest BCUT2D eigenvalue weighted by Crippen LogP contribution is -2.02. The van der Waals surface area contributed by atoms with Crippen molar-refractivity contribution in [1.29, 1.82) is 0 Å². The number of carboxylic acids is 1. The summed E-state index contributed by atoms with van der Waals surface area (Å²) in [6, 6.07) is 5.40. The van der Waals surface area contributed by atoms with Gasteiger partial charge in [0.05, 0.1) is 20.4 Å². The highest BCUT2D eigenvalue weighted by molar-refractivity contribution is 5.85. The van der Waals surface area contributed by atoms with E-state index >= 15 is 0 Å². The summed E-state index contributed by atoms with van der Waals surface area (Å²) in [5.41, 5.74) is 2.26. The van der Waals surface area contributed by atoms with Crippen molar-refractivity contribution in [2.24, 2.45) is 0 Å². The zero-order valence-corrected chi connectivity index (χ0v) is 12.0. The van der Waals surface area contributed by atoms with Crippen molar-refractivity contribution in [2.75, 3.05) is 14.2 Å². The number of methoxy groups -OCH3 is 2. The minimum Gasteiger partial charge on any atom is -0.497 e. The molecular formula is C15H16N2O4. The molecule has 6 nitrogen and oxygen atoms in total. The van der Waals surface area contributed by atoms with Crippen molar-refractivity contribution in [3.8, 4) is 17.2 Å². The number of hydrogen-bond acceptors (Lipinski definition) is 4. The molecule has 1 N–H and O–H groups in total. The highest BCUT2D eigenvalue weighted by atomic mass is 16.5. The van der Waals surface area contributed by atoms with Gasteiger partial charge in [0.25, 0.3) is 0 Å². The van der Waals surface area contributed by atoms with Crippen LogP contribution in [0.2, 0.25) is 0 Å². The van der Waals surface area contributed by atoms with Crippen molar-refractivity contribution in [1.82, 2.24) is 9.78 Å². The maximum absolute atomic E-state index is 10.6. The number of aromatic nitrogens is 2. The van der Waals surface area contributed by atoms with Crippen LogP contribution in [0, 0.1) is 6.92 Å². The molecule has 0 aliphatic rings. The summed E-state index contributed by atoms with van der Waals surface area (Å²) in [7, 11) is 3.16. The molecule has 0 unspecified atom stereocenters. The van der Waals surface area contributed by atoms with Crippen LogP contribution in [0.15, 0.2) is 30.5 Å². The molecule has 0 aliphatic heterocycles. The van der Waals surface area contributed by atoms with Crippen LogP contribution in [0.1, 0.15) is 11.3 Å². The van der Waals surface area contributed by atoms with E-state index in [0.717, 1.165) is 23.0 Å². The fraction of sp³-hybridized carbons (Fsp3) is 0.200. The largest absolute Gasteiger partial charge is 0.497 e. The van der Waals surface area contributed by atoms with Crippen LogP contribution in [-0.4, -0.2) is 35.1 Å². The van der Waals surface area contributed by atoms with Gasteiger partial charge in [0.15, 0.2) is 0 Å². The Hall–Kier alpha value is -2.76. The fourth-order valence-corrected chi connectivity index (χ4v) is 1.95. The Labute approximate surface area is 122 Å². The number of carboxylic acid groups (broad SMARTS) is 1. The molecule has 2 rings (SSSR count). The van der Waals surface area contributed by atoms with Crippen LogP contribution in [0.4, 0.5) is 0 Å². The zero-order valence-electron chi connectivity index (χ0n) is 12.0. The van der Waals surface area contributed by atoms with Crippen molar-refractivity contribution in [3.05, 3.63) is 41.7 Å². The third-order valence-corrected chi connectivity index (χ3v) is 3.07. The summed E-state index contributed by atoms with van der Waals surface area (Å²) in [6.07, 6.45) is 4.19. The molecule has 1 aromatic carbocycles. The molecule has 0 radical (unpaired) electrons. The number of rotatable bonds is 5. The monoisotopic (exact) mass is 288 g/mol. The number of ether oxygens (including phenoxy) is 2. The maximum atomic E-state index is 10.6. The number of nitrogens with zero attached hydrogens (tertiary/aromatic N) is 2. The Morgan fingerprint density at radius 1 is 1.33 bits per heavy atom. The molecule has 0 fully saturated rings. The Morgan fingerprint density at radius 2 is 2.10 bits per heavy atom. The second-order valence-electron chi connectivity index (χ2n) is 4.31. The van der Waals surface area contributed by atoms with Crippen molar-refractivity contribution >= 4 is 12.0 Å². The predicted octanol–water partition coefficient (Wildman–Crippen LogP) is 2.30. The Balaban J connectivity index is 2.49.